The first-order valence-corrected chi connectivity index (χ1v) is 45.9. The molecule has 0 rings (SSSR count). The smallest absolute Gasteiger partial charge is 0.462 e. The van der Waals surface area contributed by atoms with Crippen molar-refractivity contribution in [3.05, 3.63) is 0 Å². The standard InChI is InChI=1S/C83H162O17P2/c1-8-11-12-13-14-15-16-17-18-19-23-26-29-32-37-42-50-57-64-80(85)93-70-78(99-82(87)66-59-52-43-38-33-30-27-24-21-20-22-25-28-31-36-41-48-55-62-75(6)9-2)72-97-101(89,90)95-68-77(84)69-96-102(91,92)98-73-79(71-94-81(86)65-58-51-46-45-49-56-63-76(7)10-3)100-83(88)67-60-53-44-39-34-35-40-47-54-61-74(4)5/h74-79,84H,8-73H2,1-7H3,(H,89,90)(H,91,92)/t75?,76?,77-,78-,79-/m1/s1. The topological polar surface area (TPSA) is 237 Å². The van der Waals surface area contributed by atoms with Crippen LogP contribution in [0.2, 0.25) is 0 Å². The highest BCUT2D eigenvalue weighted by Gasteiger charge is 2.30. The van der Waals surface area contributed by atoms with Crippen molar-refractivity contribution in [3.8, 4) is 0 Å². The molecule has 0 aliphatic carbocycles. The van der Waals surface area contributed by atoms with Crippen LogP contribution < -0.4 is 0 Å². The number of carbonyl (C=O) groups excluding carboxylic acids is 4. The second-order valence-corrected chi connectivity index (χ2v) is 33.7. The molecule has 0 spiro atoms. The molecule has 102 heavy (non-hydrogen) atoms. The van der Waals surface area contributed by atoms with E-state index in [4.69, 9.17) is 37.0 Å². The van der Waals surface area contributed by atoms with E-state index in [1.54, 1.807) is 0 Å². The van der Waals surface area contributed by atoms with Gasteiger partial charge in [-0.25, -0.2) is 9.13 Å². The monoisotopic (exact) mass is 1490 g/mol. The molecule has 4 unspecified atom stereocenters. The van der Waals surface area contributed by atoms with E-state index < -0.39 is 97.5 Å². The van der Waals surface area contributed by atoms with Crippen molar-refractivity contribution in [3.63, 3.8) is 0 Å². The Balaban J connectivity index is 5.21. The average molecular weight is 1490 g/mol. The van der Waals surface area contributed by atoms with E-state index in [1.807, 2.05) is 0 Å². The average Bonchev–Trinajstić information content (AvgIpc) is 0.914. The molecular formula is C83H162O17P2. The predicted molar refractivity (Wildman–Crippen MR) is 418 cm³/mol. The fourth-order valence-corrected chi connectivity index (χ4v) is 14.4. The third-order valence-electron chi connectivity index (χ3n) is 20.1. The van der Waals surface area contributed by atoms with Crippen molar-refractivity contribution >= 4 is 39.5 Å². The molecule has 0 bridgehead atoms. The number of rotatable bonds is 81. The van der Waals surface area contributed by atoms with Crippen molar-refractivity contribution < 1.29 is 80.2 Å². The lowest BCUT2D eigenvalue weighted by molar-refractivity contribution is -0.161. The Morgan fingerprint density at radius 1 is 0.284 bits per heavy atom. The second kappa shape index (κ2) is 73.2. The molecule has 0 aromatic heterocycles. The summed E-state index contributed by atoms with van der Waals surface area (Å²) in [6, 6.07) is 0. The van der Waals surface area contributed by atoms with E-state index in [0.717, 1.165) is 114 Å². The lowest BCUT2D eigenvalue weighted by Crippen LogP contribution is -2.30. The van der Waals surface area contributed by atoms with Gasteiger partial charge in [0.15, 0.2) is 12.2 Å². The summed E-state index contributed by atoms with van der Waals surface area (Å²) in [5, 5.41) is 10.6. The minimum absolute atomic E-state index is 0.104. The number of esters is 4. The summed E-state index contributed by atoms with van der Waals surface area (Å²) in [7, 11) is -9.92. The van der Waals surface area contributed by atoms with Gasteiger partial charge in [-0.05, 0) is 43.4 Å². The van der Waals surface area contributed by atoms with Crippen LogP contribution in [-0.2, 0) is 65.4 Å². The molecule has 606 valence electrons. The molecule has 0 saturated heterocycles. The van der Waals surface area contributed by atoms with Gasteiger partial charge in [0, 0.05) is 25.7 Å². The fraction of sp³-hybridized carbons (Fsp3) is 0.952. The Morgan fingerprint density at radius 2 is 0.500 bits per heavy atom. The van der Waals surface area contributed by atoms with Crippen LogP contribution in [0.25, 0.3) is 0 Å². The van der Waals surface area contributed by atoms with Crippen LogP contribution in [0.4, 0.5) is 0 Å². The largest absolute Gasteiger partial charge is 0.472 e. The minimum Gasteiger partial charge on any atom is -0.462 e. The van der Waals surface area contributed by atoms with Gasteiger partial charge in [0.2, 0.25) is 0 Å². The number of aliphatic hydroxyl groups excluding tert-OH is 1. The Bertz CT molecular complexity index is 1980. The minimum atomic E-state index is -4.96. The summed E-state index contributed by atoms with van der Waals surface area (Å²) in [5.74, 6) is 0.227. The zero-order chi connectivity index (χ0) is 75.1. The summed E-state index contributed by atoms with van der Waals surface area (Å²) in [4.78, 5) is 73.0. The van der Waals surface area contributed by atoms with Gasteiger partial charge in [0.1, 0.15) is 19.3 Å². The third kappa shape index (κ3) is 73.6. The highest BCUT2D eigenvalue weighted by Crippen LogP contribution is 2.45. The lowest BCUT2D eigenvalue weighted by atomic mass is 9.99. The van der Waals surface area contributed by atoms with Gasteiger partial charge in [-0.2, -0.15) is 0 Å². The van der Waals surface area contributed by atoms with Crippen molar-refractivity contribution in [1.82, 2.24) is 0 Å². The first-order valence-electron chi connectivity index (χ1n) is 42.9. The summed E-state index contributed by atoms with van der Waals surface area (Å²) in [5.41, 5.74) is 0. The molecule has 7 atom stereocenters. The Kier molecular flexibility index (Phi) is 71.8. The van der Waals surface area contributed by atoms with Crippen LogP contribution in [0, 0.1) is 17.8 Å². The molecule has 0 aliphatic heterocycles. The van der Waals surface area contributed by atoms with Crippen LogP contribution >= 0.6 is 15.6 Å². The molecule has 17 nitrogen and oxygen atoms in total. The molecule has 0 amide bonds. The summed E-state index contributed by atoms with van der Waals surface area (Å²) in [6.07, 6.45) is 62.6. The van der Waals surface area contributed by atoms with Crippen LogP contribution in [0.3, 0.4) is 0 Å². The summed E-state index contributed by atoms with van der Waals surface area (Å²) in [6.45, 7) is 11.9. The van der Waals surface area contributed by atoms with Crippen LogP contribution in [0.1, 0.15) is 434 Å². The first kappa shape index (κ1) is 100. The van der Waals surface area contributed by atoms with Crippen LogP contribution in [0.15, 0.2) is 0 Å². The summed E-state index contributed by atoms with van der Waals surface area (Å²) >= 11 is 0. The zero-order valence-corrected chi connectivity index (χ0v) is 68.9. The second-order valence-electron chi connectivity index (χ2n) is 30.8. The van der Waals surface area contributed by atoms with Gasteiger partial charge in [-0.1, -0.05) is 382 Å². The highest BCUT2D eigenvalue weighted by atomic mass is 31.2. The maximum atomic E-state index is 13.1. The number of phosphoric ester groups is 2. The van der Waals surface area contributed by atoms with E-state index in [-0.39, 0.29) is 25.7 Å². The quantitative estimate of drug-likeness (QED) is 0.0222. The van der Waals surface area contributed by atoms with Gasteiger partial charge in [0.05, 0.1) is 26.4 Å². The molecule has 0 aliphatic rings. The van der Waals surface area contributed by atoms with Crippen molar-refractivity contribution in [2.24, 2.45) is 17.8 Å². The Morgan fingerprint density at radius 3 is 0.745 bits per heavy atom. The molecule has 3 N–H and O–H groups in total. The Labute approximate surface area is 626 Å². The van der Waals surface area contributed by atoms with E-state index in [2.05, 4.69) is 48.5 Å². The van der Waals surface area contributed by atoms with Gasteiger partial charge in [0.25, 0.3) is 0 Å². The molecule has 0 radical (unpaired) electrons. The maximum absolute atomic E-state index is 13.1. The number of hydrogen-bond acceptors (Lipinski definition) is 15. The number of ether oxygens (including phenoxy) is 4. The van der Waals surface area contributed by atoms with Crippen LogP contribution in [-0.4, -0.2) is 96.7 Å². The number of aliphatic hydroxyl groups is 1. The number of carbonyl (C=O) groups is 4. The number of hydrogen-bond donors (Lipinski definition) is 3. The van der Waals surface area contributed by atoms with Crippen molar-refractivity contribution in [2.75, 3.05) is 39.6 Å². The van der Waals surface area contributed by atoms with E-state index >= 15 is 0 Å². The third-order valence-corrected chi connectivity index (χ3v) is 22.0. The SMILES string of the molecule is CCCCCCCCCCCCCCCCCCCCC(=O)OC[C@H](COP(=O)(O)OC[C@@H](O)COP(=O)(O)OC[C@@H](COC(=O)CCCCCCCCC(C)CC)OC(=O)CCCCCCCCCCCC(C)C)OC(=O)CCCCCCCCCCCCCCCCCCCCC(C)CC. The molecule has 0 heterocycles. The number of unbranched alkanes of at least 4 members (excludes halogenated alkanes) is 47. The number of phosphoric acid groups is 2. The Hall–Kier alpha value is -1.94. The van der Waals surface area contributed by atoms with Gasteiger partial charge < -0.3 is 33.8 Å². The van der Waals surface area contributed by atoms with Crippen LogP contribution in [0.5, 0.6) is 0 Å². The van der Waals surface area contributed by atoms with Crippen molar-refractivity contribution in [2.45, 2.75) is 452 Å². The first-order chi connectivity index (χ1) is 49.3. The molecule has 19 heteroatoms. The maximum Gasteiger partial charge on any atom is 0.472 e. The molecular weight excluding hydrogens is 1330 g/mol. The van der Waals surface area contributed by atoms with E-state index in [9.17, 15) is 43.2 Å². The predicted octanol–water partition coefficient (Wildman–Crippen LogP) is 24.9. The molecule has 0 aromatic carbocycles. The molecule has 0 fully saturated rings. The zero-order valence-electron chi connectivity index (χ0n) is 67.1. The van der Waals surface area contributed by atoms with Gasteiger partial charge >= 0.3 is 39.5 Å². The van der Waals surface area contributed by atoms with Gasteiger partial charge in [-0.3, -0.25) is 37.3 Å². The normalized spacial score (nSPS) is 14.5. The highest BCUT2D eigenvalue weighted by molar-refractivity contribution is 7.47. The van der Waals surface area contributed by atoms with E-state index in [0.29, 0.717) is 25.7 Å². The van der Waals surface area contributed by atoms with Gasteiger partial charge in [-0.15, -0.1) is 0 Å². The lowest BCUT2D eigenvalue weighted by Gasteiger charge is -2.21. The molecule has 0 aromatic rings. The molecule has 0 saturated carbocycles. The summed E-state index contributed by atoms with van der Waals surface area (Å²) < 4.78 is 68.7. The van der Waals surface area contributed by atoms with Crippen molar-refractivity contribution in [1.29, 1.82) is 0 Å². The fourth-order valence-electron chi connectivity index (χ4n) is 12.8. The van der Waals surface area contributed by atoms with E-state index in [1.165, 1.54) is 238 Å².